The molecule has 0 fully saturated rings. The van der Waals surface area contributed by atoms with Crippen molar-refractivity contribution in [2.24, 2.45) is 0 Å². The molecule has 1 aromatic rings. The highest BCUT2D eigenvalue weighted by atomic mass is 79.9. The molecule has 0 heterocycles. The minimum atomic E-state index is -0.00892. The Labute approximate surface area is 109 Å². The van der Waals surface area contributed by atoms with Crippen LogP contribution in [0, 0.1) is 0 Å². The zero-order chi connectivity index (χ0) is 12.1. The van der Waals surface area contributed by atoms with Gasteiger partial charge in [0.05, 0.1) is 12.9 Å². The first kappa shape index (κ1) is 13.4. The van der Waals surface area contributed by atoms with Crippen LogP contribution in [0.5, 0.6) is 5.75 Å². The predicted octanol–water partition coefficient (Wildman–Crippen LogP) is 2.35. The van der Waals surface area contributed by atoms with E-state index in [2.05, 4.69) is 28.6 Å². The Kier molecular flexibility index (Phi) is 5.15. The van der Waals surface area contributed by atoms with E-state index in [0.29, 0.717) is 6.54 Å². The highest BCUT2D eigenvalue weighted by Gasteiger charge is 2.10. The van der Waals surface area contributed by atoms with Gasteiger partial charge in [-0.05, 0) is 18.2 Å². The second-order valence-corrected chi connectivity index (χ2v) is 4.60. The lowest BCUT2D eigenvalue weighted by Gasteiger charge is -2.18. The molecule has 0 bridgehead atoms. The number of thiol groups is 1. The molecular weight excluding hydrogens is 290 g/mol. The van der Waals surface area contributed by atoms with Crippen LogP contribution in [0.2, 0.25) is 0 Å². The third-order valence-electron chi connectivity index (χ3n) is 2.21. The molecule has 0 saturated heterocycles. The number of carbonyl (C=O) groups excluding carboxylic acids is 1. The zero-order valence-electron chi connectivity index (χ0n) is 9.24. The van der Waals surface area contributed by atoms with Crippen molar-refractivity contribution < 1.29 is 9.53 Å². The van der Waals surface area contributed by atoms with E-state index in [9.17, 15) is 4.79 Å². The van der Waals surface area contributed by atoms with Crippen LogP contribution in [0.1, 0.15) is 5.56 Å². The van der Waals surface area contributed by atoms with Gasteiger partial charge in [0.1, 0.15) is 5.75 Å². The van der Waals surface area contributed by atoms with Crippen molar-refractivity contribution in [3.05, 3.63) is 28.2 Å². The fourth-order valence-electron chi connectivity index (χ4n) is 1.34. The first-order chi connectivity index (χ1) is 7.58. The number of benzene rings is 1. The first-order valence-corrected chi connectivity index (χ1v) is 6.18. The maximum atomic E-state index is 11.4. The lowest BCUT2D eigenvalue weighted by atomic mass is 10.2. The molecule has 0 radical (unpaired) electrons. The summed E-state index contributed by atoms with van der Waals surface area (Å²) in [5.41, 5.74) is 0.967. The summed E-state index contributed by atoms with van der Waals surface area (Å²) in [6.45, 7) is 0.516. The van der Waals surface area contributed by atoms with Crippen LogP contribution in [-0.4, -0.2) is 30.7 Å². The topological polar surface area (TPSA) is 29.5 Å². The van der Waals surface area contributed by atoms with E-state index in [0.717, 1.165) is 15.8 Å². The summed E-state index contributed by atoms with van der Waals surface area (Å²) in [5, 5.41) is 0. The second kappa shape index (κ2) is 6.15. The van der Waals surface area contributed by atoms with Crippen molar-refractivity contribution in [3.8, 4) is 5.75 Å². The van der Waals surface area contributed by atoms with Crippen LogP contribution in [0.4, 0.5) is 0 Å². The summed E-state index contributed by atoms with van der Waals surface area (Å²) >= 11 is 7.35. The second-order valence-electron chi connectivity index (χ2n) is 3.36. The van der Waals surface area contributed by atoms with Gasteiger partial charge in [0.2, 0.25) is 5.91 Å². The number of halogens is 1. The van der Waals surface area contributed by atoms with E-state index >= 15 is 0 Å². The van der Waals surface area contributed by atoms with Gasteiger partial charge in [0, 0.05) is 23.6 Å². The number of nitrogens with zero attached hydrogens (tertiary/aromatic N) is 1. The Morgan fingerprint density at radius 2 is 2.25 bits per heavy atom. The van der Waals surface area contributed by atoms with Crippen LogP contribution < -0.4 is 4.74 Å². The summed E-state index contributed by atoms with van der Waals surface area (Å²) in [5.74, 6) is 0.986. The van der Waals surface area contributed by atoms with E-state index in [1.54, 1.807) is 19.1 Å². The lowest BCUT2D eigenvalue weighted by Crippen LogP contribution is -2.27. The molecule has 1 amide bonds. The van der Waals surface area contributed by atoms with Gasteiger partial charge in [-0.2, -0.15) is 12.6 Å². The number of hydrogen-bond acceptors (Lipinski definition) is 3. The molecule has 0 aromatic heterocycles. The molecule has 1 aromatic carbocycles. The summed E-state index contributed by atoms with van der Waals surface area (Å²) in [6.07, 6.45) is 0. The standard InChI is InChI=1S/C11H14BrNO2S/c1-13(11(14)7-16)6-8-5-9(12)3-4-10(8)15-2/h3-5,16H,6-7H2,1-2H3. The van der Waals surface area contributed by atoms with Gasteiger partial charge < -0.3 is 9.64 Å². The molecule has 0 aliphatic carbocycles. The molecule has 0 saturated carbocycles. The quantitative estimate of drug-likeness (QED) is 0.865. The van der Waals surface area contributed by atoms with Crippen molar-refractivity contribution in [1.82, 2.24) is 4.90 Å². The number of ether oxygens (including phenoxy) is 1. The number of rotatable bonds is 4. The number of hydrogen-bond donors (Lipinski definition) is 1. The third kappa shape index (κ3) is 3.42. The Morgan fingerprint density at radius 3 is 2.81 bits per heavy atom. The first-order valence-electron chi connectivity index (χ1n) is 4.75. The summed E-state index contributed by atoms with van der Waals surface area (Å²) in [6, 6.07) is 5.72. The Hall–Kier alpha value is -0.680. The van der Waals surface area contributed by atoms with E-state index in [1.165, 1.54) is 0 Å². The highest BCUT2D eigenvalue weighted by molar-refractivity contribution is 9.10. The average Bonchev–Trinajstić information content (AvgIpc) is 2.28. The summed E-state index contributed by atoms with van der Waals surface area (Å²) in [4.78, 5) is 13.0. The van der Waals surface area contributed by atoms with Crippen LogP contribution >= 0.6 is 28.6 Å². The van der Waals surface area contributed by atoms with E-state index < -0.39 is 0 Å². The normalized spacial score (nSPS) is 10.0. The van der Waals surface area contributed by atoms with Crippen LogP contribution in [0.15, 0.2) is 22.7 Å². The Balaban J connectivity index is 2.86. The average molecular weight is 304 g/mol. The van der Waals surface area contributed by atoms with Crippen molar-refractivity contribution >= 4 is 34.5 Å². The largest absolute Gasteiger partial charge is 0.496 e. The molecule has 0 spiro atoms. The highest BCUT2D eigenvalue weighted by Crippen LogP contribution is 2.24. The van der Waals surface area contributed by atoms with Crippen molar-refractivity contribution in [3.63, 3.8) is 0 Å². The summed E-state index contributed by atoms with van der Waals surface area (Å²) < 4.78 is 6.20. The van der Waals surface area contributed by atoms with Crippen LogP contribution in [-0.2, 0) is 11.3 Å². The molecule has 0 unspecified atom stereocenters. The van der Waals surface area contributed by atoms with E-state index in [4.69, 9.17) is 4.74 Å². The molecule has 0 N–H and O–H groups in total. The zero-order valence-corrected chi connectivity index (χ0v) is 11.7. The summed E-state index contributed by atoms with van der Waals surface area (Å²) in [7, 11) is 3.37. The monoisotopic (exact) mass is 303 g/mol. The third-order valence-corrected chi connectivity index (χ3v) is 2.97. The molecule has 0 aliphatic heterocycles. The van der Waals surface area contributed by atoms with Crippen molar-refractivity contribution in [2.75, 3.05) is 19.9 Å². The van der Waals surface area contributed by atoms with Gasteiger partial charge in [-0.3, -0.25) is 4.79 Å². The van der Waals surface area contributed by atoms with Gasteiger partial charge in [-0.1, -0.05) is 15.9 Å². The minimum absolute atomic E-state index is 0.00892. The Morgan fingerprint density at radius 1 is 1.56 bits per heavy atom. The number of amides is 1. The minimum Gasteiger partial charge on any atom is -0.496 e. The molecule has 1 rings (SSSR count). The smallest absolute Gasteiger partial charge is 0.232 e. The number of carbonyl (C=O) groups is 1. The molecular formula is C11H14BrNO2S. The maximum Gasteiger partial charge on any atom is 0.232 e. The van der Waals surface area contributed by atoms with Crippen LogP contribution in [0.25, 0.3) is 0 Å². The fraction of sp³-hybridized carbons (Fsp3) is 0.364. The molecule has 0 atom stereocenters. The molecule has 88 valence electrons. The van der Waals surface area contributed by atoms with Gasteiger partial charge >= 0.3 is 0 Å². The molecule has 16 heavy (non-hydrogen) atoms. The van der Waals surface area contributed by atoms with E-state index in [-0.39, 0.29) is 11.7 Å². The fourth-order valence-corrected chi connectivity index (χ4v) is 1.99. The number of methoxy groups -OCH3 is 1. The van der Waals surface area contributed by atoms with Crippen molar-refractivity contribution in [2.45, 2.75) is 6.54 Å². The van der Waals surface area contributed by atoms with Gasteiger partial charge in [-0.15, -0.1) is 0 Å². The van der Waals surface area contributed by atoms with E-state index in [1.807, 2.05) is 18.2 Å². The Bertz CT molecular complexity index is 384. The van der Waals surface area contributed by atoms with Crippen LogP contribution in [0.3, 0.4) is 0 Å². The maximum absolute atomic E-state index is 11.4. The molecule has 5 heteroatoms. The SMILES string of the molecule is COc1ccc(Br)cc1CN(C)C(=O)CS. The lowest BCUT2D eigenvalue weighted by molar-refractivity contribution is -0.127. The molecule has 3 nitrogen and oxygen atoms in total. The molecule has 0 aliphatic rings. The van der Waals surface area contributed by atoms with Crippen molar-refractivity contribution in [1.29, 1.82) is 0 Å². The van der Waals surface area contributed by atoms with Gasteiger partial charge in [0.25, 0.3) is 0 Å². The van der Waals surface area contributed by atoms with Gasteiger partial charge in [-0.25, -0.2) is 0 Å². The predicted molar refractivity (Wildman–Crippen MR) is 71.0 cm³/mol. The van der Waals surface area contributed by atoms with Gasteiger partial charge in [0.15, 0.2) is 0 Å².